The highest BCUT2D eigenvalue weighted by molar-refractivity contribution is 5.56. The highest BCUT2D eigenvalue weighted by atomic mass is 19.4. The molecule has 25 heavy (non-hydrogen) atoms. The van der Waals surface area contributed by atoms with Crippen LogP contribution >= 0.6 is 0 Å². The minimum absolute atomic E-state index is 0.155. The van der Waals surface area contributed by atoms with E-state index in [1.54, 1.807) is 18.5 Å². The van der Waals surface area contributed by atoms with Crippen molar-refractivity contribution in [1.29, 1.82) is 0 Å². The standard InChI is InChI=1S/C17H19F3N4O/c18-17(19,20)12-23-9-5-13(6-10-23)11-24-16(25)2-1-15(22-24)14-3-7-21-8-4-14/h1-4,7-8,13H,5-6,9-12H2. The predicted octanol–water partition coefficient (Wildman–Crippen LogP) is 2.58. The molecule has 0 radical (unpaired) electrons. The summed E-state index contributed by atoms with van der Waals surface area (Å²) in [6, 6.07) is 6.77. The van der Waals surface area contributed by atoms with E-state index in [0.717, 1.165) is 5.56 Å². The van der Waals surface area contributed by atoms with Crippen LogP contribution in [0.5, 0.6) is 0 Å². The molecule has 0 unspecified atom stereocenters. The Labute approximate surface area is 143 Å². The van der Waals surface area contributed by atoms with E-state index in [9.17, 15) is 18.0 Å². The molecule has 1 saturated heterocycles. The summed E-state index contributed by atoms with van der Waals surface area (Å²) in [5, 5.41) is 4.40. The van der Waals surface area contributed by atoms with Gasteiger partial charge in [0.1, 0.15) is 0 Å². The molecule has 0 spiro atoms. The number of halogens is 3. The Morgan fingerprint density at radius 3 is 2.40 bits per heavy atom. The molecular weight excluding hydrogens is 333 g/mol. The Balaban J connectivity index is 1.65. The average Bonchev–Trinajstić information content (AvgIpc) is 2.58. The first kappa shape index (κ1) is 17.6. The van der Waals surface area contributed by atoms with Gasteiger partial charge in [-0.05, 0) is 50.0 Å². The third-order valence-corrected chi connectivity index (χ3v) is 4.38. The van der Waals surface area contributed by atoms with Crippen LogP contribution in [0.15, 0.2) is 41.5 Å². The molecule has 1 aliphatic heterocycles. The molecule has 1 aliphatic rings. The van der Waals surface area contributed by atoms with Crippen molar-refractivity contribution >= 4 is 0 Å². The molecule has 134 valence electrons. The predicted molar refractivity (Wildman–Crippen MR) is 86.9 cm³/mol. The van der Waals surface area contributed by atoms with E-state index in [1.807, 2.05) is 12.1 Å². The minimum Gasteiger partial charge on any atom is -0.295 e. The summed E-state index contributed by atoms with van der Waals surface area (Å²) in [5.74, 6) is 0.155. The molecule has 1 fully saturated rings. The highest BCUT2D eigenvalue weighted by Gasteiger charge is 2.32. The molecule has 0 atom stereocenters. The number of piperidine rings is 1. The quantitative estimate of drug-likeness (QED) is 0.849. The lowest BCUT2D eigenvalue weighted by atomic mass is 9.97. The van der Waals surface area contributed by atoms with E-state index in [1.165, 1.54) is 15.6 Å². The van der Waals surface area contributed by atoms with E-state index in [4.69, 9.17) is 0 Å². The molecular formula is C17H19F3N4O. The molecule has 0 amide bonds. The van der Waals surface area contributed by atoms with Crippen molar-refractivity contribution in [2.24, 2.45) is 5.92 Å². The third-order valence-electron chi connectivity index (χ3n) is 4.38. The maximum absolute atomic E-state index is 12.4. The fraction of sp³-hybridized carbons (Fsp3) is 0.471. The van der Waals surface area contributed by atoms with Crippen molar-refractivity contribution < 1.29 is 13.2 Å². The number of aromatic nitrogens is 3. The van der Waals surface area contributed by atoms with Gasteiger partial charge in [-0.2, -0.15) is 18.3 Å². The summed E-state index contributed by atoms with van der Waals surface area (Å²) in [5.41, 5.74) is 1.34. The van der Waals surface area contributed by atoms with Gasteiger partial charge in [0.2, 0.25) is 0 Å². The molecule has 0 aliphatic carbocycles. The molecule has 2 aromatic rings. The summed E-state index contributed by atoms with van der Waals surface area (Å²) in [6.45, 7) is 0.346. The van der Waals surface area contributed by atoms with Crippen LogP contribution in [0.1, 0.15) is 12.8 Å². The molecule has 8 heteroatoms. The lowest BCUT2D eigenvalue weighted by molar-refractivity contribution is -0.148. The Kier molecular flexibility index (Phi) is 5.17. The maximum atomic E-state index is 12.4. The topological polar surface area (TPSA) is 51.0 Å². The van der Waals surface area contributed by atoms with Crippen molar-refractivity contribution in [1.82, 2.24) is 19.7 Å². The average molecular weight is 352 g/mol. The Morgan fingerprint density at radius 1 is 1.08 bits per heavy atom. The van der Waals surface area contributed by atoms with Gasteiger partial charge in [-0.1, -0.05) is 0 Å². The lowest BCUT2D eigenvalue weighted by Gasteiger charge is -2.32. The van der Waals surface area contributed by atoms with Crippen LogP contribution in [-0.4, -0.2) is 45.5 Å². The van der Waals surface area contributed by atoms with Gasteiger partial charge in [0.25, 0.3) is 5.56 Å². The van der Waals surface area contributed by atoms with E-state index >= 15 is 0 Å². The molecule has 0 saturated carbocycles. The second kappa shape index (κ2) is 7.35. The second-order valence-corrected chi connectivity index (χ2v) is 6.31. The zero-order valence-corrected chi connectivity index (χ0v) is 13.6. The summed E-state index contributed by atoms with van der Waals surface area (Å²) >= 11 is 0. The van der Waals surface area contributed by atoms with Crippen LogP contribution in [0, 0.1) is 5.92 Å². The van der Waals surface area contributed by atoms with Gasteiger partial charge in [-0.25, -0.2) is 4.68 Å². The number of hydrogen-bond acceptors (Lipinski definition) is 4. The van der Waals surface area contributed by atoms with E-state index in [0.29, 0.717) is 38.2 Å². The van der Waals surface area contributed by atoms with Crippen molar-refractivity contribution in [3.8, 4) is 11.3 Å². The van der Waals surface area contributed by atoms with Crippen LogP contribution in [-0.2, 0) is 6.54 Å². The van der Waals surface area contributed by atoms with Crippen molar-refractivity contribution in [2.75, 3.05) is 19.6 Å². The molecule has 3 heterocycles. The molecule has 0 aromatic carbocycles. The molecule has 5 nitrogen and oxygen atoms in total. The smallest absolute Gasteiger partial charge is 0.295 e. The molecule has 0 bridgehead atoms. The Hall–Kier alpha value is -2.22. The number of nitrogens with zero attached hydrogens (tertiary/aromatic N) is 4. The third kappa shape index (κ3) is 4.88. The molecule has 0 N–H and O–H groups in total. The van der Waals surface area contributed by atoms with E-state index in [2.05, 4.69) is 10.1 Å². The summed E-state index contributed by atoms with van der Waals surface area (Å²) < 4.78 is 38.7. The number of likely N-dealkylation sites (tertiary alicyclic amines) is 1. The van der Waals surface area contributed by atoms with Gasteiger partial charge in [0, 0.05) is 30.6 Å². The Morgan fingerprint density at radius 2 is 1.76 bits per heavy atom. The Bertz CT molecular complexity index is 752. The maximum Gasteiger partial charge on any atom is 0.401 e. The monoisotopic (exact) mass is 352 g/mol. The van der Waals surface area contributed by atoms with Crippen LogP contribution in [0.25, 0.3) is 11.3 Å². The largest absolute Gasteiger partial charge is 0.401 e. The van der Waals surface area contributed by atoms with Crippen molar-refractivity contribution in [3.05, 3.63) is 47.0 Å². The van der Waals surface area contributed by atoms with Crippen molar-refractivity contribution in [2.45, 2.75) is 25.6 Å². The first-order valence-corrected chi connectivity index (χ1v) is 8.18. The van der Waals surface area contributed by atoms with Gasteiger partial charge >= 0.3 is 6.18 Å². The zero-order chi connectivity index (χ0) is 17.9. The zero-order valence-electron chi connectivity index (χ0n) is 13.6. The van der Waals surface area contributed by atoms with Gasteiger partial charge < -0.3 is 0 Å². The number of pyridine rings is 1. The number of hydrogen-bond donors (Lipinski definition) is 0. The van der Waals surface area contributed by atoms with E-state index in [-0.39, 0.29) is 11.5 Å². The fourth-order valence-corrected chi connectivity index (χ4v) is 3.08. The van der Waals surface area contributed by atoms with Gasteiger partial charge in [-0.15, -0.1) is 0 Å². The first-order valence-electron chi connectivity index (χ1n) is 8.18. The number of rotatable bonds is 4. The molecule has 2 aromatic heterocycles. The normalized spacial score (nSPS) is 16.9. The second-order valence-electron chi connectivity index (χ2n) is 6.31. The van der Waals surface area contributed by atoms with Gasteiger partial charge in [0.05, 0.1) is 12.2 Å². The van der Waals surface area contributed by atoms with Crippen LogP contribution in [0.4, 0.5) is 13.2 Å². The van der Waals surface area contributed by atoms with Crippen LogP contribution in [0.2, 0.25) is 0 Å². The fourth-order valence-electron chi connectivity index (χ4n) is 3.08. The minimum atomic E-state index is -4.16. The summed E-state index contributed by atoms with van der Waals surface area (Å²) in [7, 11) is 0. The SMILES string of the molecule is O=c1ccc(-c2ccncc2)nn1CC1CCN(CC(F)(F)F)CC1. The summed E-state index contributed by atoms with van der Waals surface area (Å²) in [4.78, 5) is 17.4. The lowest BCUT2D eigenvalue weighted by Crippen LogP contribution is -2.41. The van der Waals surface area contributed by atoms with Crippen molar-refractivity contribution in [3.63, 3.8) is 0 Å². The molecule has 3 rings (SSSR count). The first-order chi connectivity index (χ1) is 11.9. The van der Waals surface area contributed by atoms with Gasteiger partial charge in [-0.3, -0.25) is 14.7 Å². The van der Waals surface area contributed by atoms with Gasteiger partial charge in [0.15, 0.2) is 0 Å². The highest BCUT2D eigenvalue weighted by Crippen LogP contribution is 2.23. The van der Waals surface area contributed by atoms with Crippen LogP contribution in [0.3, 0.4) is 0 Å². The number of alkyl halides is 3. The van der Waals surface area contributed by atoms with Crippen LogP contribution < -0.4 is 5.56 Å². The summed E-state index contributed by atoms with van der Waals surface area (Å²) in [6.07, 6.45) is 0.406. The van der Waals surface area contributed by atoms with E-state index < -0.39 is 12.7 Å².